The molecule has 0 radical (unpaired) electrons. The number of carbonyl (C=O) groups is 2. The first-order valence-corrected chi connectivity index (χ1v) is 12.3. The molecule has 0 bridgehead atoms. The lowest BCUT2D eigenvalue weighted by Gasteiger charge is -2.09. The number of hydrogen-bond donors (Lipinski definition) is 2. The van der Waals surface area contributed by atoms with E-state index < -0.39 is 0 Å². The maximum absolute atomic E-state index is 12.2. The molecule has 0 aliphatic rings. The smallest absolute Gasteiger partial charge is 0.262 e. The van der Waals surface area contributed by atoms with Crippen molar-refractivity contribution in [1.82, 2.24) is 10.4 Å². The van der Waals surface area contributed by atoms with Crippen LogP contribution in [-0.2, 0) is 20.9 Å². The number of aromatic nitrogens is 1. The summed E-state index contributed by atoms with van der Waals surface area (Å²) in [6, 6.07) is 18.4. The first kappa shape index (κ1) is 27.4. The average Bonchev–Trinajstić information content (AvgIpc) is 2.88. The average molecular weight is 518 g/mol. The largest absolute Gasteiger partial charge is 0.484 e. The Balaban J connectivity index is 1.45. The van der Waals surface area contributed by atoms with E-state index in [1.807, 2.05) is 38.1 Å². The number of rotatable bonds is 11. The second kappa shape index (κ2) is 13.8. The van der Waals surface area contributed by atoms with Crippen LogP contribution >= 0.6 is 11.8 Å². The van der Waals surface area contributed by atoms with Gasteiger partial charge in [0, 0.05) is 18.5 Å². The third-order valence-electron chi connectivity index (χ3n) is 5.02. The van der Waals surface area contributed by atoms with Gasteiger partial charge in [-0.15, -0.1) is 0 Å². The second-order valence-electron chi connectivity index (χ2n) is 7.95. The number of pyridine rings is 1. The highest BCUT2D eigenvalue weighted by Crippen LogP contribution is 2.24. The molecule has 9 nitrogen and oxygen atoms in total. The topological polar surface area (TPSA) is 126 Å². The Morgan fingerprint density at radius 1 is 1.14 bits per heavy atom. The van der Waals surface area contributed by atoms with Crippen LogP contribution < -0.4 is 15.5 Å². The van der Waals surface area contributed by atoms with Crippen LogP contribution in [0.15, 0.2) is 64.7 Å². The molecule has 0 atom stereocenters. The van der Waals surface area contributed by atoms with E-state index in [2.05, 4.69) is 26.9 Å². The Hall–Kier alpha value is -4.20. The Morgan fingerprint density at radius 2 is 1.89 bits per heavy atom. The zero-order chi connectivity index (χ0) is 26.6. The third kappa shape index (κ3) is 8.45. The van der Waals surface area contributed by atoms with Crippen LogP contribution in [0.25, 0.3) is 0 Å². The number of nitrogens with zero attached hydrogens (tertiary/aromatic N) is 3. The zero-order valence-electron chi connectivity index (χ0n) is 20.8. The maximum Gasteiger partial charge on any atom is 0.262 e. The van der Waals surface area contributed by atoms with Gasteiger partial charge >= 0.3 is 0 Å². The molecule has 0 fully saturated rings. The predicted molar refractivity (Wildman–Crippen MR) is 143 cm³/mol. The Morgan fingerprint density at radius 3 is 2.59 bits per heavy atom. The minimum Gasteiger partial charge on any atom is -0.484 e. The zero-order valence-corrected chi connectivity index (χ0v) is 21.6. The summed E-state index contributed by atoms with van der Waals surface area (Å²) in [7, 11) is 1.56. The van der Waals surface area contributed by atoms with Crippen molar-refractivity contribution in [3.8, 4) is 11.8 Å². The molecule has 0 unspecified atom stereocenters. The first-order valence-electron chi connectivity index (χ1n) is 11.3. The van der Waals surface area contributed by atoms with Gasteiger partial charge in [0.05, 0.1) is 24.1 Å². The van der Waals surface area contributed by atoms with Gasteiger partial charge in [0.25, 0.3) is 5.91 Å². The molecular formula is C27H27N5O4S. The molecule has 37 heavy (non-hydrogen) atoms. The number of nitrogens with one attached hydrogen (secondary N) is 2. The van der Waals surface area contributed by atoms with Crippen LogP contribution in [-0.4, -0.2) is 42.5 Å². The van der Waals surface area contributed by atoms with Gasteiger partial charge in [-0.05, 0) is 66.9 Å². The Kier molecular flexibility index (Phi) is 10.2. The number of para-hydroxylation sites is 1. The van der Waals surface area contributed by atoms with Gasteiger partial charge < -0.3 is 14.8 Å². The molecule has 0 saturated heterocycles. The van der Waals surface area contributed by atoms with Crippen molar-refractivity contribution in [3.63, 3.8) is 0 Å². The summed E-state index contributed by atoms with van der Waals surface area (Å²) in [5, 5.41) is 16.8. The number of nitriles is 1. The van der Waals surface area contributed by atoms with Gasteiger partial charge in [-0.2, -0.15) is 10.4 Å². The van der Waals surface area contributed by atoms with E-state index in [0.717, 1.165) is 28.1 Å². The second-order valence-corrected chi connectivity index (χ2v) is 8.91. The summed E-state index contributed by atoms with van der Waals surface area (Å²) in [5.41, 5.74) is 6.81. The van der Waals surface area contributed by atoms with Crippen molar-refractivity contribution in [2.45, 2.75) is 25.5 Å². The normalized spacial score (nSPS) is 10.6. The highest BCUT2D eigenvalue weighted by atomic mass is 32.2. The summed E-state index contributed by atoms with van der Waals surface area (Å²) in [4.78, 5) is 28.7. The highest BCUT2D eigenvalue weighted by Gasteiger charge is 2.13. The summed E-state index contributed by atoms with van der Waals surface area (Å²) in [5.74, 6) is -0.00412. The van der Waals surface area contributed by atoms with Gasteiger partial charge in [0.2, 0.25) is 5.91 Å². The van der Waals surface area contributed by atoms with Crippen molar-refractivity contribution in [3.05, 3.63) is 82.5 Å². The van der Waals surface area contributed by atoms with Crippen LogP contribution in [0.2, 0.25) is 0 Å². The minimum atomic E-state index is -0.332. The molecule has 2 N–H and O–H groups in total. The third-order valence-corrected chi connectivity index (χ3v) is 6.00. The van der Waals surface area contributed by atoms with E-state index in [-0.39, 0.29) is 24.2 Å². The molecule has 0 spiro atoms. The monoisotopic (exact) mass is 517 g/mol. The maximum atomic E-state index is 12.2. The quantitative estimate of drug-likeness (QED) is 0.224. The molecule has 0 aliphatic carbocycles. The number of hydrogen-bond acceptors (Lipinski definition) is 8. The molecule has 0 aliphatic heterocycles. The number of methoxy groups -OCH3 is 1. The van der Waals surface area contributed by atoms with Gasteiger partial charge in [-0.25, -0.2) is 10.4 Å². The van der Waals surface area contributed by atoms with E-state index in [1.54, 1.807) is 37.4 Å². The fourth-order valence-electron chi connectivity index (χ4n) is 3.25. The predicted octanol–water partition coefficient (Wildman–Crippen LogP) is 3.98. The van der Waals surface area contributed by atoms with Gasteiger partial charge in [0.15, 0.2) is 6.61 Å². The van der Waals surface area contributed by atoms with Gasteiger partial charge in [0.1, 0.15) is 16.8 Å². The van der Waals surface area contributed by atoms with E-state index in [4.69, 9.17) is 9.47 Å². The van der Waals surface area contributed by atoms with Crippen molar-refractivity contribution >= 4 is 35.5 Å². The van der Waals surface area contributed by atoms with Gasteiger partial charge in [-0.3, -0.25) is 9.59 Å². The van der Waals surface area contributed by atoms with Crippen molar-refractivity contribution in [1.29, 1.82) is 5.26 Å². The lowest BCUT2D eigenvalue weighted by Crippen LogP contribution is -2.20. The molecule has 3 rings (SSSR count). The minimum absolute atomic E-state index is 0.0479. The van der Waals surface area contributed by atoms with Crippen LogP contribution in [0.4, 0.5) is 5.69 Å². The molecule has 1 heterocycles. The lowest BCUT2D eigenvalue weighted by molar-refractivity contribution is -0.119. The van der Waals surface area contributed by atoms with Crippen molar-refractivity contribution in [2.24, 2.45) is 5.10 Å². The molecule has 2 amide bonds. The Bertz CT molecular complexity index is 1320. The molecular weight excluding hydrogens is 490 g/mol. The first-order chi connectivity index (χ1) is 17.9. The number of amides is 2. The fraction of sp³-hybridized carbons (Fsp3) is 0.222. The van der Waals surface area contributed by atoms with E-state index in [1.165, 1.54) is 18.0 Å². The fourth-order valence-corrected chi connectivity index (χ4v) is 4.11. The number of ether oxygens (including phenoxy) is 2. The SMILES string of the molecule is COCc1cc(C)nc(SCC(=O)N/N=C/c2ccc(OCC(=O)Nc3ccccc3C)cc2)c1C#N. The number of hydrazone groups is 1. The molecule has 10 heteroatoms. The van der Waals surface area contributed by atoms with E-state index in [9.17, 15) is 14.9 Å². The Labute approximate surface area is 219 Å². The summed E-state index contributed by atoms with van der Waals surface area (Å²) in [6.45, 7) is 3.92. The van der Waals surface area contributed by atoms with Crippen LogP contribution in [0.3, 0.4) is 0 Å². The summed E-state index contributed by atoms with van der Waals surface area (Å²) >= 11 is 1.17. The highest BCUT2D eigenvalue weighted by molar-refractivity contribution is 8.00. The standard InChI is InChI=1S/C27H27N5O4S/c1-18-6-4-5-7-24(18)31-25(33)16-36-22-10-8-20(9-11-22)14-29-32-26(34)17-37-27-23(13-28)21(15-35-3)12-19(2)30-27/h4-12,14H,15-17H2,1-3H3,(H,31,33)(H,32,34)/b29-14+. The molecule has 0 saturated carbocycles. The number of carbonyl (C=O) groups excluding carboxylic acids is 2. The molecule has 190 valence electrons. The van der Waals surface area contributed by atoms with Crippen molar-refractivity contribution < 1.29 is 19.1 Å². The number of aryl methyl sites for hydroxylation is 2. The van der Waals surface area contributed by atoms with Crippen LogP contribution in [0, 0.1) is 25.2 Å². The number of anilines is 1. The molecule has 1 aromatic heterocycles. The van der Waals surface area contributed by atoms with Gasteiger partial charge in [-0.1, -0.05) is 30.0 Å². The van der Waals surface area contributed by atoms with E-state index >= 15 is 0 Å². The lowest BCUT2D eigenvalue weighted by atomic mass is 10.1. The van der Waals surface area contributed by atoms with Crippen LogP contribution in [0.1, 0.15) is 27.9 Å². The molecule has 3 aromatic rings. The van der Waals surface area contributed by atoms with E-state index in [0.29, 0.717) is 22.9 Å². The summed E-state index contributed by atoms with van der Waals surface area (Å²) < 4.78 is 10.7. The molecule has 2 aromatic carbocycles. The van der Waals surface area contributed by atoms with Crippen molar-refractivity contribution in [2.75, 3.05) is 24.8 Å². The number of thioether (sulfide) groups is 1. The van der Waals surface area contributed by atoms with Crippen LogP contribution in [0.5, 0.6) is 5.75 Å². The number of benzene rings is 2. The summed E-state index contributed by atoms with van der Waals surface area (Å²) in [6.07, 6.45) is 1.50.